The van der Waals surface area contributed by atoms with Crippen LogP contribution in [0.25, 0.3) is 0 Å². The van der Waals surface area contributed by atoms with Crippen LogP contribution < -0.4 is 11.1 Å². The van der Waals surface area contributed by atoms with Crippen molar-refractivity contribution in [1.82, 2.24) is 4.98 Å². The number of nitrogens with zero attached hydrogens (tertiary/aromatic N) is 1. The number of hydrogen-bond donors (Lipinski definition) is 2. The van der Waals surface area contributed by atoms with Crippen molar-refractivity contribution in [1.29, 1.82) is 0 Å². The molecule has 0 aliphatic rings. The Morgan fingerprint density at radius 2 is 2.16 bits per heavy atom. The molecule has 1 amide bonds. The van der Waals surface area contributed by atoms with Crippen molar-refractivity contribution in [2.45, 2.75) is 13.0 Å². The zero-order chi connectivity index (χ0) is 13.8. The van der Waals surface area contributed by atoms with Crippen molar-refractivity contribution in [3.8, 4) is 0 Å². The van der Waals surface area contributed by atoms with Gasteiger partial charge in [-0.1, -0.05) is 28.1 Å². The maximum absolute atomic E-state index is 11.3. The van der Waals surface area contributed by atoms with Crippen molar-refractivity contribution < 1.29 is 4.79 Å². The Balaban J connectivity index is 2.24. The highest BCUT2D eigenvalue weighted by Crippen LogP contribution is 2.22. The fourth-order valence-corrected chi connectivity index (χ4v) is 2.20. The lowest BCUT2D eigenvalue weighted by Crippen LogP contribution is -2.17. The Kier molecular flexibility index (Phi) is 4.16. The topological polar surface area (TPSA) is 68.0 Å². The molecule has 0 bridgehead atoms. The number of hydrogen-bond acceptors (Lipinski definition) is 3. The first-order chi connectivity index (χ1) is 9.08. The smallest absolute Gasteiger partial charge is 0.252 e. The molecule has 2 aromatic rings. The van der Waals surface area contributed by atoms with Gasteiger partial charge in [0.1, 0.15) is 5.82 Å². The number of pyridine rings is 1. The van der Waals surface area contributed by atoms with Gasteiger partial charge < -0.3 is 11.1 Å². The molecule has 1 aromatic carbocycles. The summed E-state index contributed by atoms with van der Waals surface area (Å²) in [6.07, 6.45) is 1.63. The summed E-state index contributed by atoms with van der Waals surface area (Å²) in [5.41, 5.74) is 6.81. The van der Waals surface area contributed by atoms with E-state index in [2.05, 4.69) is 26.2 Å². The molecule has 0 saturated carbocycles. The SMILES string of the molecule is CC(Nc1ncccc1C(N)=O)c1cccc(Br)c1. The number of carbonyl (C=O) groups excluding carboxylic acids is 1. The first kappa shape index (κ1) is 13.5. The van der Waals surface area contributed by atoms with E-state index in [1.807, 2.05) is 31.2 Å². The summed E-state index contributed by atoms with van der Waals surface area (Å²) >= 11 is 3.44. The molecule has 0 saturated heterocycles. The number of carbonyl (C=O) groups is 1. The lowest BCUT2D eigenvalue weighted by Gasteiger charge is -2.16. The van der Waals surface area contributed by atoms with Gasteiger partial charge in [-0.3, -0.25) is 4.79 Å². The second kappa shape index (κ2) is 5.84. The molecule has 19 heavy (non-hydrogen) atoms. The number of aromatic nitrogens is 1. The van der Waals surface area contributed by atoms with Crippen LogP contribution >= 0.6 is 15.9 Å². The van der Waals surface area contributed by atoms with Crippen LogP contribution in [0.5, 0.6) is 0 Å². The van der Waals surface area contributed by atoms with Crippen LogP contribution in [0.4, 0.5) is 5.82 Å². The van der Waals surface area contributed by atoms with Crippen LogP contribution in [0.1, 0.15) is 28.9 Å². The van der Waals surface area contributed by atoms with Crippen LogP contribution in [0, 0.1) is 0 Å². The third-order valence-electron chi connectivity index (χ3n) is 2.78. The number of anilines is 1. The second-order valence-electron chi connectivity index (χ2n) is 4.18. The van der Waals surface area contributed by atoms with E-state index in [0.29, 0.717) is 11.4 Å². The Labute approximate surface area is 120 Å². The molecule has 1 heterocycles. The number of halogens is 1. The molecular weight excluding hydrogens is 306 g/mol. The van der Waals surface area contributed by atoms with Gasteiger partial charge in [0.15, 0.2) is 0 Å². The Hall–Kier alpha value is -1.88. The summed E-state index contributed by atoms with van der Waals surface area (Å²) in [5.74, 6) is 0.0134. The lowest BCUT2D eigenvalue weighted by molar-refractivity contribution is 0.100. The van der Waals surface area contributed by atoms with Gasteiger partial charge in [-0.05, 0) is 36.8 Å². The predicted octanol–water partition coefficient (Wildman–Crippen LogP) is 3.12. The van der Waals surface area contributed by atoms with Gasteiger partial charge in [0, 0.05) is 10.7 Å². The van der Waals surface area contributed by atoms with E-state index in [1.54, 1.807) is 18.3 Å². The van der Waals surface area contributed by atoms with Gasteiger partial charge in [0.25, 0.3) is 5.91 Å². The van der Waals surface area contributed by atoms with E-state index in [-0.39, 0.29) is 6.04 Å². The van der Waals surface area contributed by atoms with Gasteiger partial charge in [0.05, 0.1) is 11.6 Å². The van der Waals surface area contributed by atoms with E-state index >= 15 is 0 Å². The second-order valence-corrected chi connectivity index (χ2v) is 5.10. The highest BCUT2D eigenvalue weighted by atomic mass is 79.9. The van der Waals surface area contributed by atoms with E-state index < -0.39 is 5.91 Å². The van der Waals surface area contributed by atoms with Crippen LogP contribution in [-0.2, 0) is 0 Å². The molecule has 0 aliphatic carbocycles. The molecule has 2 rings (SSSR count). The zero-order valence-electron chi connectivity index (χ0n) is 10.4. The highest BCUT2D eigenvalue weighted by Gasteiger charge is 2.12. The number of rotatable bonds is 4. The zero-order valence-corrected chi connectivity index (χ0v) is 12.0. The number of amides is 1. The van der Waals surface area contributed by atoms with Crippen molar-refractivity contribution >= 4 is 27.7 Å². The van der Waals surface area contributed by atoms with Crippen molar-refractivity contribution in [2.24, 2.45) is 5.73 Å². The summed E-state index contributed by atoms with van der Waals surface area (Å²) in [6.45, 7) is 2.00. The third-order valence-corrected chi connectivity index (χ3v) is 3.27. The average Bonchev–Trinajstić information content (AvgIpc) is 2.39. The van der Waals surface area contributed by atoms with Crippen LogP contribution in [0.2, 0.25) is 0 Å². The number of nitrogens with one attached hydrogen (secondary N) is 1. The first-order valence-corrected chi connectivity index (χ1v) is 6.64. The summed E-state index contributed by atoms with van der Waals surface area (Å²) in [5, 5.41) is 3.20. The van der Waals surface area contributed by atoms with Gasteiger partial charge in [-0.2, -0.15) is 0 Å². The van der Waals surface area contributed by atoms with Gasteiger partial charge in [-0.15, -0.1) is 0 Å². The molecule has 0 spiro atoms. The standard InChI is InChI=1S/C14H14BrN3O/c1-9(10-4-2-5-11(15)8-10)18-14-12(13(16)19)6-3-7-17-14/h2-9H,1H3,(H2,16,19)(H,17,18). The fourth-order valence-electron chi connectivity index (χ4n) is 1.78. The maximum Gasteiger partial charge on any atom is 0.252 e. The third kappa shape index (κ3) is 3.32. The Morgan fingerprint density at radius 3 is 2.84 bits per heavy atom. The molecular formula is C14H14BrN3O. The van der Waals surface area contributed by atoms with Crippen LogP contribution in [0.3, 0.4) is 0 Å². The Bertz CT molecular complexity index is 601. The molecule has 1 atom stereocenters. The van der Waals surface area contributed by atoms with Crippen LogP contribution in [-0.4, -0.2) is 10.9 Å². The van der Waals surface area contributed by atoms with Crippen LogP contribution in [0.15, 0.2) is 47.1 Å². The van der Waals surface area contributed by atoms with Crippen molar-refractivity contribution in [3.05, 3.63) is 58.2 Å². The molecule has 3 N–H and O–H groups in total. The first-order valence-electron chi connectivity index (χ1n) is 5.84. The minimum absolute atomic E-state index is 0.0190. The molecule has 1 unspecified atom stereocenters. The minimum Gasteiger partial charge on any atom is -0.365 e. The summed E-state index contributed by atoms with van der Waals surface area (Å²) in [6, 6.07) is 11.3. The van der Waals surface area contributed by atoms with Gasteiger partial charge >= 0.3 is 0 Å². The molecule has 0 fully saturated rings. The predicted molar refractivity (Wildman–Crippen MR) is 78.9 cm³/mol. The minimum atomic E-state index is -0.489. The highest BCUT2D eigenvalue weighted by molar-refractivity contribution is 9.10. The molecule has 0 aliphatic heterocycles. The largest absolute Gasteiger partial charge is 0.365 e. The number of primary amides is 1. The molecule has 4 nitrogen and oxygen atoms in total. The summed E-state index contributed by atoms with van der Waals surface area (Å²) < 4.78 is 1.01. The molecule has 98 valence electrons. The quantitative estimate of drug-likeness (QED) is 0.909. The summed E-state index contributed by atoms with van der Waals surface area (Å²) in [7, 11) is 0. The maximum atomic E-state index is 11.3. The number of nitrogens with two attached hydrogens (primary N) is 1. The van der Waals surface area contributed by atoms with Gasteiger partial charge in [0.2, 0.25) is 0 Å². The van der Waals surface area contributed by atoms with E-state index in [0.717, 1.165) is 10.0 Å². The summed E-state index contributed by atoms with van der Waals surface area (Å²) in [4.78, 5) is 15.5. The average molecular weight is 320 g/mol. The van der Waals surface area contributed by atoms with Crippen molar-refractivity contribution in [2.75, 3.05) is 5.32 Å². The molecule has 5 heteroatoms. The van der Waals surface area contributed by atoms with E-state index in [4.69, 9.17) is 5.73 Å². The number of benzene rings is 1. The van der Waals surface area contributed by atoms with E-state index in [9.17, 15) is 4.79 Å². The normalized spacial score (nSPS) is 11.9. The van der Waals surface area contributed by atoms with Crippen molar-refractivity contribution in [3.63, 3.8) is 0 Å². The van der Waals surface area contributed by atoms with Gasteiger partial charge in [-0.25, -0.2) is 4.98 Å². The molecule has 0 radical (unpaired) electrons. The monoisotopic (exact) mass is 319 g/mol. The fraction of sp³-hybridized carbons (Fsp3) is 0.143. The molecule has 1 aromatic heterocycles. The van der Waals surface area contributed by atoms with E-state index in [1.165, 1.54) is 0 Å². The Morgan fingerprint density at radius 1 is 1.37 bits per heavy atom. The lowest BCUT2D eigenvalue weighted by atomic mass is 10.1.